The number of piperazine rings is 2. The summed E-state index contributed by atoms with van der Waals surface area (Å²) in [5.74, 6) is 0. The van der Waals surface area contributed by atoms with Gasteiger partial charge >= 0.3 is 18.4 Å². The zero-order valence-corrected chi connectivity index (χ0v) is 19.8. The van der Waals surface area contributed by atoms with Gasteiger partial charge in [0.2, 0.25) is 0 Å². The molecule has 2 aromatic rings. The molecule has 4 rings (SSSR count). The molecule has 0 spiro atoms. The van der Waals surface area contributed by atoms with Crippen LogP contribution in [0.25, 0.3) is 0 Å². The molecule has 2 heterocycles. The smallest absolute Gasteiger partial charge is 0.309 e. The molecule has 4 unspecified atom stereocenters. The first kappa shape index (κ1) is 26.3. The van der Waals surface area contributed by atoms with E-state index in [9.17, 15) is 4.79 Å². The number of rotatable bonds is 2. The van der Waals surface area contributed by atoms with Gasteiger partial charge in [0.15, 0.2) is 11.1 Å². The van der Waals surface area contributed by atoms with Crippen LogP contribution in [0.3, 0.4) is 0 Å². The van der Waals surface area contributed by atoms with Gasteiger partial charge in [0.1, 0.15) is 0 Å². The van der Waals surface area contributed by atoms with E-state index >= 15 is 26.3 Å². The van der Waals surface area contributed by atoms with Crippen molar-refractivity contribution in [3.8, 4) is 0 Å². The summed E-state index contributed by atoms with van der Waals surface area (Å²) in [5, 5.41) is 5.58. The molecule has 36 heavy (non-hydrogen) atoms. The molecule has 196 valence electrons. The molecule has 2 N–H and O–H groups in total. The molecule has 4 atom stereocenters. The lowest BCUT2D eigenvalue weighted by Crippen LogP contribution is -2.77. The number of hydrogen-bond acceptors (Lipinski definition) is 3. The van der Waals surface area contributed by atoms with E-state index in [0.29, 0.717) is 9.80 Å². The highest BCUT2D eigenvalue weighted by atomic mass is 19.4. The van der Waals surface area contributed by atoms with Gasteiger partial charge in [-0.25, -0.2) is 4.79 Å². The van der Waals surface area contributed by atoms with Gasteiger partial charge in [0, 0.05) is 38.3 Å². The molecule has 2 aliphatic rings. The van der Waals surface area contributed by atoms with Crippen LogP contribution in [0.5, 0.6) is 0 Å². The van der Waals surface area contributed by atoms with Crippen LogP contribution < -0.4 is 10.6 Å². The Hall–Kier alpha value is -2.79. The summed E-state index contributed by atoms with van der Waals surface area (Å²) in [6.07, 6.45) is -9.96. The molecule has 0 bridgehead atoms. The van der Waals surface area contributed by atoms with Gasteiger partial charge in [-0.1, -0.05) is 60.7 Å². The second-order valence-corrected chi connectivity index (χ2v) is 9.20. The maximum absolute atomic E-state index is 15.0. The first-order valence-electron chi connectivity index (χ1n) is 11.7. The SMILES string of the molecule is CC1NCCN(C(=O)N2CCNC(C)C2(c2ccccc2)C(F)(F)F)C1(c1ccccc1)C(F)(F)F. The monoisotopic (exact) mass is 514 g/mol. The quantitative estimate of drug-likeness (QED) is 0.576. The Morgan fingerprint density at radius 2 is 1.06 bits per heavy atom. The fraction of sp³-hybridized carbons (Fsp3) is 0.480. The lowest BCUT2D eigenvalue weighted by Gasteiger charge is -2.57. The van der Waals surface area contributed by atoms with E-state index in [2.05, 4.69) is 10.6 Å². The second kappa shape index (κ2) is 9.26. The van der Waals surface area contributed by atoms with Gasteiger partial charge in [-0.05, 0) is 25.0 Å². The van der Waals surface area contributed by atoms with Crippen LogP contribution in [0.2, 0.25) is 0 Å². The van der Waals surface area contributed by atoms with E-state index in [4.69, 9.17) is 0 Å². The summed E-state index contributed by atoms with van der Waals surface area (Å²) in [4.78, 5) is 15.3. The second-order valence-electron chi connectivity index (χ2n) is 9.20. The Morgan fingerprint density at radius 3 is 1.36 bits per heavy atom. The fourth-order valence-electron chi connectivity index (χ4n) is 5.86. The van der Waals surface area contributed by atoms with E-state index in [-0.39, 0.29) is 24.2 Å². The topological polar surface area (TPSA) is 47.6 Å². The summed E-state index contributed by atoms with van der Waals surface area (Å²) in [5.41, 5.74) is -6.17. The molecular formula is C25H28F6N4O. The first-order chi connectivity index (χ1) is 16.9. The Labute approximate surface area is 205 Å². The van der Waals surface area contributed by atoms with E-state index in [1.54, 1.807) is 12.1 Å². The van der Waals surface area contributed by atoms with Crippen LogP contribution in [0.4, 0.5) is 31.1 Å². The number of alkyl halides is 6. The van der Waals surface area contributed by atoms with Crippen molar-refractivity contribution in [1.29, 1.82) is 0 Å². The van der Waals surface area contributed by atoms with Crippen molar-refractivity contribution in [2.75, 3.05) is 26.2 Å². The number of halogens is 6. The van der Waals surface area contributed by atoms with Crippen molar-refractivity contribution >= 4 is 6.03 Å². The van der Waals surface area contributed by atoms with E-state index in [0.717, 1.165) is 0 Å². The molecule has 2 aromatic carbocycles. The molecule has 2 amide bonds. The minimum atomic E-state index is -4.98. The molecule has 5 nitrogen and oxygen atoms in total. The summed E-state index contributed by atoms with van der Waals surface area (Å²) in [6.45, 7) is 1.77. The molecule has 0 saturated carbocycles. The van der Waals surface area contributed by atoms with Gasteiger partial charge in [-0.3, -0.25) is 0 Å². The van der Waals surface area contributed by atoms with Crippen molar-refractivity contribution in [3.05, 3.63) is 71.8 Å². The molecule has 0 aliphatic carbocycles. The largest absolute Gasteiger partial charge is 0.417 e. The molecular weight excluding hydrogens is 486 g/mol. The number of nitrogens with one attached hydrogen (secondary N) is 2. The molecule has 2 fully saturated rings. The van der Waals surface area contributed by atoms with E-state index < -0.39 is 54.6 Å². The summed E-state index contributed by atoms with van der Waals surface area (Å²) in [7, 11) is 0. The third kappa shape index (κ3) is 3.75. The van der Waals surface area contributed by atoms with Gasteiger partial charge in [-0.15, -0.1) is 0 Å². The maximum atomic E-state index is 15.0. The zero-order chi connectivity index (χ0) is 26.4. The Morgan fingerprint density at radius 1 is 0.722 bits per heavy atom. The van der Waals surface area contributed by atoms with Crippen LogP contribution in [-0.2, 0) is 11.1 Å². The third-order valence-electron chi connectivity index (χ3n) is 7.43. The molecule has 0 aromatic heterocycles. The molecule has 2 saturated heterocycles. The number of urea groups is 1. The van der Waals surface area contributed by atoms with Crippen molar-refractivity contribution in [2.24, 2.45) is 0 Å². The van der Waals surface area contributed by atoms with E-state index in [1.165, 1.54) is 62.4 Å². The zero-order valence-electron chi connectivity index (χ0n) is 19.8. The lowest BCUT2D eigenvalue weighted by molar-refractivity contribution is -0.260. The number of carbonyl (C=O) groups is 1. The number of nitrogens with zero attached hydrogens (tertiary/aromatic N) is 2. The Kier molecular flexibility index (Phi) is 6.76. The van der Waals surface area contributed by atoms with Gasteiger partial charge in [0.25, 0.3) is 0 Å². The van der Waals surface area contributed by atoms with Crippen molar-refractivity contribution in [2.45, 2.75) is 49.4 Å². The van der Waals surface area contributed by atoms with Crippen molar-refractivity contribution in [3.63, 3.8) is 0 Å². The third-order valence-corrected chi connectivity index (χ3v) is 7.43. The number of benzene rings is 2. The predicted molar refractivity (Wildman–Crippen MR) is 122 cm³/mol. The van der Waals surface area contributed by atoms with Gasteiger partial charge in [0.05, 0.1) is 0 Å². The molecule has 11 heteroatoms. The fourth-order valence-corrected chi connectivity index (χ4v) is 5.86. The Balaban J connectivity index is 1.94. The maximum Gasteiger partial charge on any atom is 0.417 e. The number of carbonyl (C=O) groups excluding carboxylic acids is 1. The van der Waals surface area contributed by atoms with Crippen molar-refractivity contribution < 1.29 is 31.1 Å². The highest BCUT2D eigenvalue weighted by molar-refractivity contribution is 5.78. The minimum Gasteiger partial charge on any atom is -0.309 e. The van der Waals surface area contributed by atoms with Crippen LogP contribution in [0.15, 0.2) is 60.7 Å². The van der Waals surface area contributed by atoms with Gasteiger partial charge < -0.3 is 20.4 Å². The average molecular weight is 515 g/mol. The normalized spacial score (nSPS) is 29.8. The van der Waals surface area contributed by atoms with Crippen molar-refractivity contribution in [1.82, 2.24) is 20.4 Å². The minimum absolute atomic E-state index is 0.00354. The number of hydrogen-bond donors (Lipinski definition) is 2. The molecule has 2 aliphatic heterocycles. The number of amides is 2. The van der Waals surface area contributed by atoms with Crippen LogP contribution in [0, 0.1) is 0 Å². The predicted octanol–water partition coefficient (Wildman–Crippen LogP) is 4.61. The summed E-state index contributed by atoms with van der Waals surface area (Å²) >= 11 is 0. The lowest BCUT2D eigenvalue weighted by atomic mass is 9.77. The summed E-state index contributed by atoms with van der Waals surface area (Å²) < 4.78 is 90.3. The van der Waals surface area contributed by atoms with Crippen LogP contribution in [-0.4, -0.2) is 66.4 Å². The van der Waals surface area contributed by atoms with Crippen LogP contribution in [0.1, 0.15) is 25.0 Å². The average Bonchev–Trinajstić information content (AvgIpc) is 2.83. The van der Waals surface area contributed by atoms with Gasteiger partial charge in [-0.2, -0.15) is 26.3 Å². The highest BCUT2D eigenvalue weighted by Crippen LogP contribution is 2.52. The molecule has 0 radical (unpaired) electrons. The summed E-state index contributed by atoms with van der Waals surface area (Å²) in [6, 6.07) is 9.87. The van der Waals surface area contributed by atoms with Crippen LogP contribution >= 0.6 is 0 Å². The standard InChI is InChI=1S/C25H28F6N4O/c1-17-22(24(26,27)28,19-9-5-3-6-10-19)34(15-13-32-17)21(36)35-16-14-33-18(2)23(35,25(29,30)31)20-11-7-4-8-12-20/h3-12,17-18,32-33H,13-16H2,1-2H3. The van der Waals surface area contributed by atoms with E-state index in [1.807, 2.05) is 0 Å². The Bertz CT molecular complexity index is 980. The highest BCUT2D eigenvalue weighted by Gasteiger charge is 2.70. The first-order valence-corrected chi connectivity index (χ1v) is 11.7.